The van der Waals surface area contributed by atoms with E-state index in [4.69, 9.17) is 5.73 Å². The lowest BCUT2D eigenvalue weighted by Gasteiger charge is -2.08. The summed E-state index contributed by atoms with van der Waals surface area (Å²) in [7, 11) is 1.69. The number of anilines is 2. The fraction of sp³-hybridized carbons (Fsp3) is 0.364. The normalized spacial score (nSPS) is 9.83. The molecule has 0 heterocycles. The van der Waals surface area contributed by atoms with Crippen LogP contribution in [0.5, 0.6) is 0 Å². The number of hydrogen-bond acceptors (Lipinski definition) is 5. The van der Waals surface area contributed by atoms with Crippen molar-refractivity contribution in [2.45, 2.75) is 12.8 Å². The van der Waals surface area contributed by atoms with Crippen molar-refractivity contribution in [3.8, 4) is 0 Å². The predicted octanol–water partition coefficient (Wildman–Crippen LogP) is 1.31. The second-order valence-electron chi connectivity index (χ2n) is 3.77. The van der Waals surface area contributed by atoms with Crippen LogP contribution < -0.4 is 16.4 Å². The topological polar surface area (TPSA) is 110 Å². The van der Waals surface area contributed by atoms with Gasteiger partial charge in [-0.05, 0) is 12.5 Å². The smallest absolute Gasteiger partial charge is 0.273 e. The zero-order valence-corrected chi connectivity index (χ0v) is 10.1. The molecule has 0 aliphatic heterocycles. The predicted molar refractivity (Wildman–Crippen MR) is 69.6 cm³/mol. The van der Waals surface area contributed by atoms with E-state index in [1.807, 2.05) is 0 Å². The first-order valence-electron chi connectivity index (χ1n) is 5.52. The largest absolute Gasteiger partial charge is 0.388 e. The van der Waals surface area contributed by atoms with Gasteiger partial charge in [-0.15, -0.1) is 0 Å². The molecule has 18 heavy (non-hydrogen) atoms. The summed E-state index contributed by atoms with van der Waals surface area (Å²) in [5.41, 5.74) is 6.32. The third-order valence-corrected chi connectivity index (χ3v) is 2.35. The lowest BCUT2D eigenvalue weighted by atomic mass is 10.2. The zero-order chi connectivity index (χ0) is 13.5. The standard InChI is InChI=1S/C11H16N4O3/c1-13-8-5-9(7-10(6-8)15(17)18)14-4-2-3-11(12)16/h5-7,13-14H,2-4H2,1H3,(H2,12,16). The number of benzene rings is 1. The minimum Gasteiger partial charge on any atom is -0.388 e. The van der Waals surface area contributed by atoms with Gasteiger partial charge in [-0.25, -0.2) is 0 Å². The molecule has 0 aliphatic carbocycles. The van der Waals surface area contributed by atoms with Gasteiger partial charge in [-0.1, -0.05) is 0 Å². The molecule has 0 radical (unpaired) electrons. The maximum atomic E-state index is 10.7. The molecular formula is C11H16N4O3. The summed E-state index contributed by atoms with van der Waals surface area (Å²) in [6.07, 6.45) is 0.883. The van der Waals surface area contributed by atoms with E-state index in [0.29, 0.717) is 30.8 Å². The Morgan fingerprint density at radius 3 is 2.61 bits per heavy atom. The molecule has 0 fully saturated rings. The number of nitro benzene ring substituents is 1. The van der Waals surface area contributed by atoms with Crippen LogP contribution in [-0.4, -0.2) is 24.4 Å². The third kappa shape index (κ3) is 4.28. The maximum Gasteiger partial charge on any atom is 0.273 e. The number of rotatable bonds is 7. The highest BCUT2D eigenvalue weighted by molar-refractivity contribution is 5.73. The quantitative estimate of drug-likeness (QED) is 0.385. The van der Waals surface area contributed by atoms with Gasteiger partial charge in [0.2, 0.25) is 5.91 Å². The molecule has 98 valence electrons. The minimum atomic E-state index is -0.449. The van der Waals surface area contributed by atoms with Crippen LogP contribution in [0.4, 0.5) is 17.1 Å². The average Bonchev–Trinajstić information content (AvgIpc) is 2.34. The summed E-state index contributed by atoms with van der Waals surface area (Å²) in [5.74, 6) is -0.355. The number of carbonyl (C=O) groups excluding carboxylic acids is 1. The van der Waals surface area contributed by atoms with Gasteiger partial charge in [0.05, 0.1) is 4.92 Å². The van der Waals surface area contributed by atoms with Crippen molar-refractivity contribution < 1.29 is 9.72 Å². The minimum absolute atomic E-state index is 0.0132. The molecule has 7 nitrogen and oxygen atoms in total. The Morgan fingerprint density at radius 1 is 1.39 bits per heavy atom. The SMILES string of the molecule is CNc1cc(NCCCC(N)=O)cc([N+](=O)[O-])c1. The molecule has 0 spiro atoms. The number of nitrogens with two attached hydrogens (primary N) is 1. The first-order chi connectivity index (χ1) is 8.52. The molecule has 0 saturated carbocycles. The summed E-state index contributed by atoms with van der Waals surface area (Å²) >= 11 is 0. The van der Waals surface area contributed by atoms with Crippen LogP contribution in [0.15, 0.2) is 18.2 Å². The summed E-state index contributed by atoms with van der Waals surface area (Å²) in [6.45, 7) is 0.535. The van der Waals surface area contributed by atoms with E-state index in [1.165, 1.54) is 12.1 Å². The number of amides is 1. The average molecular weight is 252 g/mol. The summed E-state index contributed by atoms with van der Waals surface area (Å²) in [5, 5.41) is 16.6. The second kappa shape index (κ2) is 6.43. The molecule has 0 aromatic heterocycles. The van der Waals surface area contributed by atoms with Gasteiger partial charge in [0.25, 0.3) is 5.69 Å². The first-order valence-corrected chi connectivity index (χ1v) is 5.52. The van der Waals surface area contributed by atoms with Crippen LogP contribution in [0.1, 0.15) is 12.8 Å². The zero-order valence-electron chi connectivity index (χ0n) is 10.1. The van der Waals surface area contributed by atoms with Gasteiger partial charge in [0.1, 0.15) is 0 Å². The van der Waals surface area contributed by atoms with Crippen LogP contribution in [0.25, 0.3) is 0 Å². The summed E-state index contributed by atoms with van der Waals surface area (Å²) in [4.78, 5) is 20.8. The molecular weight excluding hydrogens is 236 g/mol. The van der Waals surface area contributed by atoms with Crippen LogP contribution in [0.3, 0.4) is 0 Å². The van der Waals surface area contributed by atoms with Gasteiger partial charge in [0, 0.05) is 43.5 Å². The van der Waals surface area contributed by atoms with Crippen molar-refractivity contribution in [3.05, 3.63) is 28.3 Å². The van der Waals surface area contributed by atoms with Crippen LogP contribution in [0, 0.1) is 10.1 Å². The molecule has 0 saturated heterocycles. The van der Waals surface area contributed by atoms with Crippen molar-refractivity contribution in [3.63, 3.8) is 0 Å². The monoisotopic (exact) mass is 252 g/mol. The van der Waals surface area contributed by atoms with Crippen LogP contribution in [0.2, 0.25) is 0 Å². The highest BCUT2D eigenvalue weighted by Gasteiger charge is 2.08. The molecule has 1 rings (SSSR count). The highest BCUT2D eigenvalue weighted by Crippen LogP contribution is 2.23. The fourth-order valence-electron chi connectivity index (χ4n) is 1.46. The Balaban J connectivity index is 2.66. The van der Waals surface area contributed by atoms with Crippen LogP contribution >= 0.6 is 0 Å². The Labute approximate surface area is 105 Å². The first kappa shape index (κ1) is 13.8. The van der Waals surface area contributed by atoms with Gasteiger partial charge in [-0.2, -0.15) is 0 Å². The number of nitrogens with zero attached hydrogens (tertiary/aromatic N) is 1. The number of non-ortho nitro benzene ring substituents is 1. The van der Waals surface area contributed by atoms with Gasteiger partial charge >= 0.3 is 0 Å². The Morgan fingerprint density at radius 2 is 2.06 bits per heavy atom. The molecule has 1 aromatic carbocycles. The van der Waals surface area contributed by atoms with Crippen molar-refractivity contribution in [1.82, 2.24) is 0 Å². The van der Waals surface area contributed by atoms with E-state index in [1.54, 1.807) is 13.1 Å². The number of carbonyl (C=O) groups is 1. The van der Waals surface area contributed by atoms with E-state index in [9.17, 15) is 14.9 Å². The number of nitrogens with one attached hydrogen (secondary N) is 2. The lowest BCUT2D eigenvalue weighted by molar-refractivity contribution is -0.384. The molecule has 4 N–H and O–H groups in total. The second-order valence-corrected chi connectivity index (χ2v) is 3.77. The van der Waals surface area contributed by atoms with E-state index in [0.717, 1.165) is 0 Å². The van der Waals surface area contributed by atoms with Crippen molar-refractivity contribution in [1.29, 1.82) is 0 Å². The molecule has 7 heteroatoms. The van der Waals surface area contributed by atoms with E-state index >= 15 is 0 Å². The molecule has 0 atom stereocenters. The van der Waals surface area contributed by atoms with Gasteiger partial charge in [0.15, 0.2) is 0 Å². The van der Waals surface area contributed by atoms with Gasteiger partial charge in [-0.3, -0.25) is 14.9 Å². The van der Waals surface area contributed by atoms with Crippen molar-refractivity contribution in [2.75, 3.05) is 24.2 Å². The Bertz CT molecular complexity index is 448. The third-order valence-electron chi connectivity index (χ3n) is 2.35. The lowest BCUT2D eigenvalue weighted by Crippen LogP contribution is -2.12. The molecule has 0 aliphatic rings. The van der Waals surface area contributed by atoms with E-state index in [-0.39, 0.29) is 11.6 Å². The van der Waals surface area contributed by atoms with E-state index in [2.05, 4.69) is 10.6 Å². The Kier molecular flexibility index (Phi) is 4.91. The number of primary amides is 1. The van der Waals surface area contributed by atoms with Crippen LogP contribution in [-0.2, 0) is 4.79 Å². The fourth-order valence-corrected chi connectivity index (χ4v) is 1.46. The number of hydrogen-bond donors (Lipinski definition) is 3. The molecule has 0 unspecified atom stereocenters. The molecule has 1 amide bonds. The van der Waals surface area contributed by atoms with E-state index < -0.39 is 4.92 Å². The van der Waals surface area contributed by atoms with Crippen molar-refractivity contribution in [2.24, 2.45) is 5.73 Å². The summed E-state index contributed by atoms with van der Waals surface area (Å²) < 4.78 is 0. The Hall–Kier alpha value is -2.31. The van der Waals surface area contributed by atoms with Gasteiger partial charge < -0.3 is 16.4 Å². The van der Waals surface area contributed by atoms with Crippen molar-refractivity contribution >= 4 is 23.0 Å². The highest BCUT2D eigenvalue weighted by atomic mass is 16.6. The summed E-state index contributed by atoms with van der Waals surface area (Å²) in [6, 6.07) is 4.66. The number of nitro groups is 1. The molecule has 0 bridgehead atoms. The maximum absolute atomic E-state index is 10.7. The molecule has 1 aromatic rings.